The molecule has 1 N–H and O–H groups in total. The smallest absolute Gasteiger partial charge is 0.264 e. The number of aldehydes is 1. The molecule has 0 bridgehead atoms. The Labute approximate surface area is 203 Å². The number of nitrogens with one attached hydrogen (secondary N) is 1. The van der Waals surface area contributed by atoms with Gasteiger partial charge < -0.3 is 9.47 Å². The van der Waals surface area contributed by atoms with Crippen LogP contribution >= 0.6 is 0 Å². The summed E-state index contributed by atoms with van der Waals surface area (Å²) in [6.45, 7) is 1.84. The van der Waals surface area contributed by atoms with Gasteiger partial charge >= 0.3 is 0 Å². The van der Waals surface area contributed by atoms with Crippen LogP contribution in [-0.2, 0) is 10.0 Å². The van der Waals surface area contributed by atoms with Crippen LogP contribution in [0.5, 0.6) is 11.5 Å². The van der Waals surface area contributed by atoms with Crippen LogP contribution in [0.15, 0.2) is 71.8 Å². The highest BCUT2D eigenvalue weighted by molar-refractivity contribution is 7.93. The van der Waals surface area contributed by atoms with Crippen LogP contribution < -0.4 is 14.2 Å². The molecular weight excluding hydrogens is 464 g/mol. The van der Waals surface area contributed by atoms with E-state index in [1.165, 1.54) is 26.5 Å². The number of ether oxygens (including phenoxy) is 2. The molecule has 0 spiro atoms. The molecule has 3 aromatic carbocycles. The predicted molar refractivity (Wildman–Crippen MR) is 135 cm³/mol. The minimum Gasteiger partial charge on any atom is -0.496 e. The predicted octanol–water partition coefficient (Wildman–Crippen LogP) is 4.57. The Morgan fingerprint density at radius 1 is 0.914 bits per heavy atom. The van der Waals surface area contributed by atoms with E-state index in [9.17, 15) is 13.2 Å². The van der Waals surface area contributed by atoms with Crippen LogP contribution in [0.4, 0.5) is 5.69 Å². The van der Waals surface area contributed by atoms with Crippen molar-refractivity contribution in [2.24, 2.45) is 0 Å². The Morgan fingerprint density at radius 3 is 2.40 bits per heavy atom. The van der Waals surface area contributed by atoms with Crippen LogP contribution in [0.1, 0.15) is 27.0 Å². The standard InChI is InChI=1S/C27H22N2O5S/c1-18-15-21(17-30)25(34-3)16-20(18)11-10-19-7-4-5-9-23(19)29-35(31,32)26-13-12-24(33-2)22-8-6-14-28-27(22)26/h4-9,12-17,29H,1-3H3. The summed E-state index contributed by atoms with van der Waals surface area (Å²) in [4.78, 5) is 15.6. The highest BCUT2D eigenvalue weighted by Gasteiger charge is 2.21. The third-order valence-corrected chi connectivity index (χ3v) is 6.81. The Balaban J connectivity index is 1.74. The van der Waals surface area contributed by atoms with E-state index in [4.69, 9.17) is 9.47 Å². The molecular formula is C27H22N2O5S. The molecule has 0 aliphatic heterocycles. The fourth-order valence-corrected chi connectivity index (χ4v) is 4.89. The molecule has 0 amide bonds. The Morgan fingerprint density at radius 2 is 1.66 bits per heavy atom. The van der Waals surface area contributed by atoms with Gasteiger partial charge in [0.2, 0.25) is 0 Å². The third kappa shape index (κ3) is 4.81. The summed E-state index contributed by atoms with van der Waals surface area (Å²) in [6, 6.07) is 16.8. The minimum atomic E-state index is -3.99. The number of pyridine rings is 1. The Bertz CT molecular complexity index is 1600. The van der Waals surface area contributed by atoms with Crippen molar-refractivity contribution in [1.29, 1.82) is 0 Å². The van der Waals surface area contributed by atoms with E-state index >= 15 is 0 Å². The van der Waals surface area contributed by atoms with Crippen LogP contribution in [-0.4, -0.2) is 33.9 Å². The normalized spacial score (nSPS) is 10.8. The van der Waals surface area contributed by atoms with Crippen molar-refractivity contribution in [3.63, 3.8) is 0 Å². The van der Waals surface area contributed by atoms with Gasteiger partial charge in [-0.05, 0) is 61.0 Å². The zero-order valence-corrected chi connectivity index (χ0v) is 20.1. The Hall–Kier alpha value is -4.35. The summed E-state index contributed by atoms with van der Waals surface area (Å²) < 4.78 is 40.0. The maximum Gasteiger partial charge on any atom is 0.264 e. The second kappa shape index (κ2) is 9.87. The van der Waals surface area contributed by atoms with Gasteiger partial charge in [0, 0.05) is 22.7 Å². The molecule has 4 aromatic rings. The average Bonchev–Trinajstić information content (AvgIpc) is 2.87. The lowest BCUT2D eigenvalue weighted by atomic mass is 10.0. The first-order valence-electron chi connectivity index (χ1n) is 10.6. The number of benzene rings is 3. The SMILES string of the molecule is COc1cc(C#Cc2ccccc2NS(=O)(=O)c2ccc(OC)c3cccnc23)c(C)cc1C=O. The first kappa shape index (κ1) is 23.8. The first-order valence-corrected chi connectivity index (χ1v) is 12.1. The molecule has 0 saturated carbocycles. The number of aryl methyl sites for hydroxylation is 1. The summed E-state index contributed by atoms with van der Waals surface area (Å²) >= 11 is 0. The number of carbonyl (C=O) groups is 1. The number of fused-ring (bicyclic) bond motifs is 1. The second-order valence-corrected chi connectivity index (χ2v) is 9.24. The summed E-state index contributed by atoms with van der Waals surface area (Å²) in [5.41, 5.74) is 3.02. The van der Waals surface area contributed by atoms with Gasteiger partial charge in [-0.3, -0.25) is 14.5 Å². The van der Waals surface area contributed by atoms with Crippen molar-refractivity contribution < 1.29 is 22.7 Å². The maximum atomic E-state index is 13.4. The number of hydrogen-bond acceptors (Lipinski definition) is 6. The molecule has 0 saturated heterocycles. The monoisotopic (exact) mass is 486 g/mol. The van der Waals surface area contributed by atoms with Gasteiger partial charge in [0.15, 0.2) is 6.29 Å². The lowest BCUT2D eigenvalue weighted by Crippen LogP contribution is -2.14. The van der Waals surface area contributed by atoms with Gasteiger partial charge in [-0.15, -0.1) is 0 Å². The van der Waals surface area contributed by atoms with Crippen LogP contribution in [0, 0.1) is 18.8 Å². The fourth-order valence-electron chi connectivity index (χ4n) is 3.64. The summed E-state index contributed by atoms with van der Waals surface area (Å²) in [7, 11) is -0.989. The zero-order chi connectivity index (χ0) is 25.0. The molecule has 0 radical (unpaired) electrons. The second-order valence-electron chi connectivity index (χ2n) is 7.59. The van der Waals surface area contributed by atoms with Crippen molar-refractivity contribution in [2.75, 3.05) is 18.9 Å². The van der Waals surface area contributed by atoms with Crippen molar-refractivity contribution in [3.8, 4) is 23.3 Å². The van der Waals surface area contributed by atoms with E-state index in [-0.39, 0.29) is 4.90 Å². The molecule has 0 aliphatic rings. The highest BCUT2D eigenvalue weighted by atomic mass is 32.2. The Kier molecular flexibility index (Phi) is 6.71. The van der Waals surface area contributed by atoms with Crippen molar-refractivity contribution in [3.05, 3.63) is 89.1 Å². The van der Waals surface area contributed by atoms with E-state index in [1.54, 1.807) is 54.6 Å². The molecule has 35 heavy (non-hydrogen) atoms. The molecule has 7 nitrogen and oxygen atoms in total. The van der Waals surface area contributed by atoms with E-state index in [2.05, 4.69) is 21.5 Å². The van der Waals surface area contributed by atoms with E-state index < -0.39 is 10.0 Å². The van der Waals surface area contributed by atoms with Crippen LogP contribution in [0.25, 0.3) is 10.9 Å². The fraction of sp³-hybridized carbons (Fsp3) is 0.111. The van der Waals surface area contributed by atoms with E-state index in [0.29, 0.717) is 44.8 Å². The number of nitrogens with zero attached hydrogens (tertiary/aromatic N) is 1. The lowest BCUT2D eigenvalue weighted by Gasteiger charge is -2.13. The molecule has 0 fully saturated rings. The molecule has 0 unspecified atom stereocenters. The summed E-state index contributed by atoms with van der Waals surface area (Å²) in [5.74, 6) is 7.04. The number of para-hydroxylation sites is 1. The number of rotatable bonds is 6. The topological polar surface area (TPSA) is 94.6 Å². The molecule has 0 aliphatic carbocycles. The number of methoxy groups -OCH3 is 2. The lowest BCUT2D eigenvalue weighted by molar-refractivity contribution is 0.112. The highest BCUT2D eigenvalue weighted by Crippen LogP contribution is 2.31. The largest absolute Gasteiger partial charge is 0.496 e. The van der Waals surface area contributed by atoms with Crippen molar-refractivity contribution in [1.82, 2.24) is 4.98 Å². The molecule has 1 heterocycles. The van der Waals surface area contributed by atoms with Gasteiger partial charge in [0.25, 0.3) is 10.0 Å². The number of aromatic nitrogens is 1. The number of carbonyl (C=O) groups excluding carboxylic acids is 1. The molecule has 1 aromatic heterocycles. The minimum absolute atomic E-state index is 0.0293. The first-order chi connectivity index (χ1) is 16.9. The van der Waals surface area contributed by atoms with Crippen molar-refractivity contribution >= 4 is 32.9 Å². The van der Waals surface area contributed by atoms with Gasteiger partial charge in [0.05, 0.1) is 31.0 Å². The molecule has 0 atom stereocenters. The molecule has 176 valence electrons. The maximum absolute atomic E-state index is 13.4. The van der Waals surface area contributed by atoms with Crippen molar-refractivity contribution in [2.45, 2.75) is 11.8 Å². The number of hydrogen-bond donors (Lipinski definition) is 1. The molecule has 8 heteroatoms. The van der Waals surface area contributed by atoms with Gasteiger partial charge in [0.1, 0.15) is 16.4 Å². The summed E-state index contributed by atoms with van der Waals surface area (Å²) in [5, 5.41) is 0.592. The van der Waals surface area contributed by atoms with Crippen LogP contribution in [0.2, 0.25) is 0 Å². The van der Waals surface area contributed by atoms with E-state index in [0.717, 1.165) is 11.8 Å². The van der Waals surface area contributed by atoms with E-state index in [1.807, 2.05) is 6.92 Å². The number of sulfonamides is 1. The van der Waals surface area contributed by atoms with Gasteiger partial charge in [-0.1, -0.05) is 24.0 Å². The average molecular weight is 487 g/mol. The van der Waals surface area contributed by atoms with Crippen LogP contribution in [0.3, 0.4) is 0 Å². The summed E-state index contributed by atoms with van der Waals surface area (Å²) in [6.07, 6.45) is 2.26. The zero-order valence-electron chi connectivity index (χ0n) is 19.3. The quantitative estimate of drug-likeness (QED) is 0.317. The number of anilines is 1. The molecule has 4 rings (SSSR count). The van der Waals surface area contributed by atoms with Gasteiger partial charge in [-0.2, -0.15) is 0 Å². The third-order valence-electron chi connectivity index (χ3n) is 5.41. The van der Waals surface area contributed by atoms with Gasteiger partial charge in [-0.25, -0.2) is 8.42 Å².